The van der Waals surface area contributed by atoms with Gasteiger partial charge in [0.2, 0.25) is 0 Å². The van der Waals surface area contributed by atoms with Crippen LogP contribution in [-0.4, -0.2) is 31.3 Å². The van der Waals surface area contributed by atoms with E-state index in [0.29, 0.717) is 0 Å². The standard InChI is InChI=1S/C12H18N2O/c1-3-11-5-4-10(2)13-12(11)14-6-8-15-9-7-14/h4-5H,3,6-9H2,1-2H3. The van der Waals surface area contributed by atoms with Crippen LogP contribution in [0.5, 0.6) is 0 Å². The van der Waals surface area contributed by atoms with Gasteiger partial charge in [-0.3, -0.25) is 0 Å². The normalized spacial score (nSPS) is 16.8. The van der Waals surface area contributed by atoms with Crippen LogP contribution in [0.4, 0.5) is 5.82 Å². The number of rotatable bonds is 2. The average Bonchev–Trinajstić information content (AvgIpc) is 2.30. The van der Waals surface area contributed by atoms with Crippen molar-refractivity contribution in [1.82, 2.24) is 4.98 Å². The van der Waals surface area contributed by atoms with Crippen molar-refractivity contribution in [3.63, 3.8) is 0 Å². The maximum absolute atomic E-state index is 5.36. The van der Waals surface area contributed by atoms with E-state index in [4.69, 9.17) is 4.74 Å². The molecule has 1 aliphatic rings. The lowest BCUT2D eigenvalue weighted by molar-refractivity contribution is 0.122. The summed E-state index contributed by atoms with van der Waals surface area (Å²) in [5.74, 6) is 1.15. The zero-order chi connectivity index (χ0) is 10.7. The summed E-state index contributed by atoms with van der Waals surface area (Å²) in [6.07, 6.45) is 1.04. The molecule has 82 valence electrons. The molecule has 0 aromatic carbocycles. The van der Waals surface area contributed by atoms with Crippen LogP contribution in [0.1, 0.15) is 18.2 Å². The topological polar surface area (TPSA) is 25.4 Å². The second-order valence-electron chi connectivity index (χ2n) is 3.89. The maximum atomic E-state index is 5.36. The first kappa shape index (κ1) is 10.4. The monoisotopic (exact) mass is 206 g/mol. The molecule has 0 spiro atoms. The lowest BCUT2D eigenvalue weighted by Crippen LogP contribution is -2.37. The minimum atomic E-state index is 0.818. The van der Waals surface area contributed by atoms with Crippen LogP contribution in [0, 0.1) is 6.92 Å². The van der Waals surface area contributed by atoms with E-state index in [-0.39, 0.29) is 0 Å². The fourth-order valence-electron chi connectivity index (χ4n) is 1.90. The van der Waals surface area contributed by atoms with Gasteiger partial charge in [0.05, 0.1) is 13.2 Å². The quantitative estimate of drug-likeness (QED) is 0.737. The molecule has 3 nitrogen and oxygen atoms in total. The van der Waals surface area contributed by atoms with Gasteiger partial charge >= 0.3 is 0 Å². The van der Waals surface area contributed by atoms with Gasteiger partial charge in [-0.25, -0.2) is 4.98 Å². The fraction of sp³-hybridized carbons (Fsp3) is 0.583. The third kappa shape index (κ3) is 2.29. The molecule has 15 heavy (non-hydrogen) atoms. The molecule has 1 aromatic heterocycles. The summed E-state index contributed by atoms with van der Waals surface area (Å²) >= 11 is 0. The highest BCUT2D eigenvalue weighted by molar-refractivity contribution is 5.48. The van der Waals surface area contributed by atoms with Gasteiger partial charge in [-0.15, -0.1) is 0 Å². The number of anilines is 1. The van der Waals surface area contributed by atoms with Crippen LogP contribution in [0.3, 0.4) is 0 Å². The smallest absolute Gasteiger partial charge is 0.132 e. The Morgan fingerprint density at radius 2 is 2.07 bits per heavy atom. The molecule has 0 radical (unpaired) electrons. The molecular weight excluding hydrogens is 188 g/mol. The Kier molecular flexibility index (Phi) is 3.21. The van der Waals surface area contributed by atoms with Gasteiger partial charge in [0.25, 0.3) is 0 Å². The molecule has 0 amide bonds. The molecule has 0 bridgehead atoms. The Morgan fingerprint density at radius 1 is 1.33 bits per heavy atom. The van der Waals surface area contributed by atoms with Gasteiger partial charge in [-0.1, -0.05) is 13.0 Å². The Hall–Kier alpha value is -1.09. The van der Waals surface area contributed by atoms with Gasteiger partial charge in [-0.05, 0) is 25.0 Å². The number of hydrogen-bond donors (Lipinski definition) is 0. The molecule has 0 unspecified atom stereocenters. The molecule has 1 aromatic rings. The van der Waals surface area contributed by atoms with Gasteiger partial charge in [0.15, 0.2) is 0 Å². The summed E-state index contributed by atoms with van der Waals surface area (Å²) in [6, 6.07) is 4.27. The van der Waals surface area contributed by atoms with E-state index >= 15 is 0 Å². The third-order valence-corrected chi connectivity index (χ3v) is 2.79. The van der Waals surface area contributed by atoms with Crippen molar-refractivity contribution in [3.8, 4) is 0 Å². The highest BCUT2D eigenvalue weighted by Crippen LogP contribution is 2.19. The van der Waals surface area contributed by atoms with E-state index in [1.165, 1.54) is 5.56 Å². The maximum Gasteiger partial charge on any atom is 0.132 e. The van der Waals surface area contributed by atoms with Crippen LogP contribution in [0.15, 0.2) is 12.1 Å². The summed E-state index contributed by atoms with van der Waals surface area (Å²) in [5, 5.41) is 0. The zero-order valence-corrected chi connectivity index (χ0v) is 9.49. The van der Waals surface area contributed by atoms with Crippen molar-refractivity contribution in [2.45, 2.75) is 20.3 Å². The van der Waals surface area contributed by atoms with Crippen LogP contribution in [0.25, 0.3) is 0 Å². The van der Waals surface area contributed by atoms with Crippen LogP contribution in [0.2, 0.25) is 0 Å². The second kappa shape index (κ2) is 4.62. The minimum Gasteiger partial charge on any atom is -0.378 e. The number of nitrogens with zero attached hydrogens (tertiary/aromatic N) is 2. The molecule has 1 aliphatic heterocycles. The van der Waals surface area contributed by atoms with Crippen LogP contribution < -0.4 is 4.90 Å². The SMILES string of the molecule is CCc1ccc(C)nc1N1CCOCC1. The number of pyridine rings is 1. The summed E-state index contributed by atoms with van der Waals surface area (Å²) in [5.41, 5.74) is 2.43. The summed E-state index contributed by atoms with van der Waals surface area (Å²) in [6.45, 7) is 7.78. The molecule has 0 atom stereocenters. The lowest BCUT2D eigenvalue weighted by Gasteiger charge is -2.29. The van der Waals surface area contributed by atoms with Crippen molar-refractivity contribution in [2.24, 2.45) is 0 Å². The molecule has 1 saturated heterocycles. The van der Waals surface area contributed by atoms with Gasteiger partial charge in [0, 0.05) is 18.8 Å². The predicted octanol–water partition coefficient (Wildman–Crippen LogP) is 1.79. The first-order chi connectivity index (χ1) is 7.31. The van der Waals surface area contributed by atoms with E-state index in [1.54, 1.807) is 0 Å². The number of hydrogen-bond acceptors (Lipinski definition) is 3. The third-order valence-electron chi connectivity index (χ3n) is 2.79. The molecule has 0 saturated carbocycles. The largest absolute Gasteiger partial charge is 0.378 e. The first-order valence-corrected chi connectivity index (χ1v) is 5.60. The minimum absolute atomic E-state index is 0.818. The van der Waals surface area contributed by atoms with E-state index < -0.39 is 0 Å². The Balaban J connectivity index is 2.27. The Morgan fingerprint density at radius 3 is 2.73 bits per heavy atom. The van der Waals surface area contributed by atoms with Gasteiger partial charge in [-0.2, -0.15) is 0 Å². The van der Waals surface area contributed by atoms with E-state index in [2.05, 4.69) is 28.9 Å². The zero-order valence-electron chi connectivity index (χ0n) is 9.49. The van der Waals surface area contributed by atoms with Crippen molar-refractivity contribution in [1.29, 1.82) is 0 Å². The second-order valence-corrected chi connectivity index (χ2v) is 3.89. The molecular formula is C12H18N2O. The Labute approximate surface area is 91.1 Å². The molecule has 2 rings (SSSR count). The number of aromatic nitrogens is 1. The van der Waals surface area contributed by atoms with Crippen molar-refractivity contribution in [3.05, 3.63) is 23.4 Å². The van der Waals surface area contributed by atoms with E-state index in [0.717, 1.165) is 44.2 Å². The molecule has 0 aliphatic carbocycles. The number of aryl methyl sites for hydroxylation is 2. The first-order valence-electron chi connectivity index (χ1n) is 5.60. The van der Waals surface area contributed by atoms with Gasteiger partial charge in [0.1, 0.15) is 5.82 Å². The van der Waals surface area contributed by atoms with Crippen LogP contribution >= 0.6 is 0 Å². The summed E-state index contributed by atoms with van der Waals surface area (Å²) in [4.78, 5) is 6.97. The van der Waals surface area contributed by atoms with E-state index in [1.807, 2.05) is 6.92 Å². The molecule has 1 fully saturated rings. The van der Waals surface area contributed by atoms with Crippen LogP contribution in [-0.2, 0) is 11.2 Å². The molecule has 2 heterocycles. The average molecular weight is 206 g/mol. The Bertz CT molecular complexity index is 332. The lowest BCUT2D eigenvalue weighted by atomic mass is 10.1. The number of morpholine rings is 1. The fourth-order valence-corrected chi connectivity index (χ4v) is 1.90. The number of ether oxygens (including phenoxy) is 1. The highest BCUT2D eigenvalue weighted by Gasteiger charge is 2.15. The van der Waals surface area contributed by atoms with Crippen molar-refractivity contribution in [2.75, 3.05) is 31.2 Å². The summed E-state index contributed by atoms with van der Waals surface area (Å²) < 4.78 is 5.36. The molecule has 0 N–H and O–H groups in total. The highest BCUT2D eigenvalue weighted by atomic mass is 16.5. The van der Waals surface area contributed by atoms with Crippen molar-refractivity contribution < 1.29 is 4.74 Å². The summed E-state index contributed by atoms with van der Waals surface area (Å²) in [7, 11) is 0. The molecule has 3 heteroatoms. The van der Waals surface area contributed by atoms with Gasteiger partial charge < -0.3 is 9.64 Å². The van der Waals surface area contributed by atoms with Crippen molar-refractivity contribution >= 4 is 5.82 Å². The van der Waals surface area contributed by atoms with E-state index in [9.17, 15) is 0 Å². The predicted molar refractivity (Wildman–Crippen MR) is 61.4 cm³/mol.